The Balaban J connectivity index is 1.35. The van der Waals surface area contributed by atoms with Gasteiger partial charge >= 0.3 is 17.9 Å². The highest BCUT2D eigenvalue weighted by molar-refractivity contribution is 7.71. The average molecular weight is 684 g/mol. The van der Waals surface area contributed by atoms with Crippen LogP contribution < -0.4 is 0 Å². The van der Waals surface area contributed by atoms with Crippen molar-refractivity contribution in [1.29, 1.82) is 0 Å². The molecule has 4 atom stereocenters. The van der Waals surface area contributed by atoms with Crippen LogP contribution in [-0.4, -0.2) is 50.8 Å². The van der Waals surface area contributed by atoms with E-state index in [0.717, 1.165) is 11.3 Å². The van der Waals surface area contributed by atoms with Gasteiger partial charge in [0.05, 0.1) is 16.7 Å². The zero-order valence-corrected chi connectivity index (χ0v) is 27.2. The van der Waals surface area contributed by atoms with Crippen molar-refractivity contribution in [3.63, 3.8) is 0 Å². The minimum atomic E-state index is -1.53. The van der Waals surface area contributed by atoms with E-state index in [-0.39, 0.29) is 21.5 Å². The molecule has 11 heteroatoms. The fourth-order valence-electron chi connectivity index (χ4n) is 5.56. The first kappa shape index (κ1) is 32.4. The summed E-state index contributed by atoms with van der Waals surface area (Å²) in [4.78, 5) is 40.6. The Hall–Kier alpha value is -6.17. The van der Waals surface area contributed by atoms with E-state index in [1.54, 1.807) is 95.6 Å². The van der Waals surface area contributed by atoms with Crippen LogP contribution >= 0.6 is 12.2 Å². The number of carbonyl (C=O) groups excluding carboxylic acids is 3. The maximum Gasteiger partial charge on any atom is 0.340 e. The molecule has 0 amide bonds. The van der Waals surface area contributed by atoms with Gasteiger partial charge in [0.15, 0.2) is 18.2 Å². The molecule has 0 radical (unpaired) electrons. The first-order valence-corrected chi connectivity index (χ1v) is 16.1. The standard InChI is InChI=1S/C39H29N3O7S/c43-35(27-18-8-2-9-19-27)46-31-32(47-36(44)28-20-10-3-11-21-28)38(49-37(45)29-22-12-4-13-23-29)48-34(31)42-39(50)41(30-24-14-5-15-25-30)33(40-42)26-16-6-1-7-17-26/h1-25,31-32,34,38H. The van der Waals surface area contributed by atoms with Crippen molar-refractivity contribution in [2.75, 3.05) is 0 Å². The van der Waals surface area contributed by atoms with Crippen LogP contribution in [0.4, 0.5) is 0 Å². The highest BCUT2D eigenvalue weighted by Gasteiger charge is 2.54. The molecule has 6 aromatic rings. The van der Waals surface area contributed by atoms with Crippen molar-refractivity contribution in [1.82, 2.24) is 14.3 Å². The van der Waals surface area contributed by atoms with Crippen molar-refractivity contribution in [2.45, 2.75) is 24.7 Å². The van der Waals surface area contributed by atoms with Gasteiger partial charge in [0.1, 0.15) is 0 Å². The Bertz CT molecular complexity index is 2160. The third kappa shape index (κ3) is 6.73. The minimum absolute atomic E-state index is 0.184. The van der Waals surface area contributed by atoms with Gasteiger partial charge in [0.25, 0.3) is 0 Å². The largest absolute Gasteiger partial charge is 0.450 e. The Kier molecular flexibility index (Phi) is 9.41. The van der Waals surface area contributed by atoms with Gasteiger partial charge in [-0.15, -0.1) is 5.10 Å². The molecular formula is C39H29N3O7S. The van der Waals surface area contributed by atoms with Crippen molar-refractivity contribution in [3.05, 3.63) is 173 Å². The fraction of sp³-hybridized carbons (Fsp3) is 0.103. The zero-order valence-electron chi connectivity index (χ0n) is 26.4. The molecule has 0 saturated carbocycles. The number of ether oxygens (including phenoxy) is 4. The third-order valence-electron chi connectivity index (χ3n) is 7.97. The van der Waals surface area contributed by atoms with Crippen LogP contribution in [0, 0.1) is 4.77 Å². The molecule has 50 heavy (non-hydrogen) atoms. The first-order chi connectivity index (χ1) is 24.5. The molecule has 0 N–H and O–H groups in total. The first-order valence-electron chi connectivity index (χ1n) is 15.7. The molecule has 0 bridgehead atoms. The second-order valence-electron chi connectivity index (χ2n) is 11.2. The van der Waals surface area contributed by atoms with Gasteiger partial charge in [-0.25, -0.2) is 19.1 Å². The maximum atomic E-state index is 13.6. The summed E-state index contributed by atoms with van der Waals surface area (Å²) in [6.45, 7) is 0. The molecule has 1 aliphatic heterocycles. The Morgan fingerprint density at radius 3 is 1.48 bits per heavy atom. The van der Waals surface area contributed by atoms with Crippen molar-refractivity contribution in [3.8, 4) is 17.1 Å². The molecule has 2 heterocycles. The monoisotopic (exact) mass is 683 g/mol. The lowest BCUT2D eigenvalue weighted by atomic mass is 10.1. The normalized spacial score (nSPS) is 18.2. The van der Waals surface area contributed by atoms with E-state index >= 15 is 0 Å². The second-order valence-corrected chi connectivity index (χ2v) is 11.6. The summed E-state index contributed by atoms with van der Waals surface area (Å²) >= 11 is 6.02. The van der Waals surface area contributed by atoms with E-state index < -0.39 is 42.6 Å². The summed E-state index contributed by atoms with van der Waals surface area (Å²) in [6.07, 6.45) is -5.64. The molecular weight excluding hydrogens is 655 g/mol. The molecule has 4 unspecified atom stereocenters. The van der Waals surface area contributed by atoms with Crippen LogP contribution in [0.15, 0.2) is 152 Å². The number of carbonyl (C=O) groups is 3. The summed E-state index contributed by atoms with van der Waals surface area (Å²) in [6, 6.07) is 43.7. The topological polar surface area (TPSA) is 111 Å². The number of aromatic nitrogens is 3. The summed E-state index contributed by atoms with van der Waals surface area (Å²) < 4.78 is 27.7. The van der Waals surface area contributed by atoms with E-state index in [1.807, 2.05) is 60.7 Å². The highest BCUT2D eigenvalue weighted by atomic mass is 32.1. The molecule has 248 valence electrons. The van der Waals surface area contributed by atoms with Gasteiger partial charge in [0.2, 0.25) is 17.2 Å². The molecule has 1 fully saturated rings. The number of nitrogens with zero attached hydrogens (tertiary/aromatic N) is 3. The minimum Gasteiger partial charge on any atom is -0.450 e. The van der Waals surface area contributed by atoms with E-state index in [2.05, 4.69) is 0 Å². The molecule has 5 aromatic carbocycles. The number of para-hydroxylation sites is 1. The molecule has 1 aliphatic rings. The number of hydrogen-bond acceptors (Lipinski definition) is 9. The molecule has 0 aliphatic carbocycles. The maximum absolute atomic E-state index is 13.6. The Morgan fingerprint density at radius 2 is 0.980 bits per heavy atom. The molecule has 7 rings (SSSR count). The van der Waals surface area contributed by atoms with Gasteiger partial charge in [-0.05, 0) is 60.7 Å². The second kappa shape index (κ2) is 14.5. The molecule has 1 aromatic heterocycles. The van der Waals surface area contributed by atoms with Crippen LogP contribution in [0.2, 0.25) is 0 Å². The Labute approximate surface area is 292 Å². The quantitative estimate of drug-likeness (QED) is 0.0885. The predicted octanol–water partition coefficient (Wildman–Crippen LogP) is 7.23. The third-order valence-corrected chi connectivity index (χ3v) is 8.34. The number of hydrogen-bond donors (Lipinski definition) is 0. The summed E-state index contributed by atoms with van der Waals surface area (Å²) in [7, 11) is 0. The number of esters is 3. The summed E-state index contributed by atoms with van der Waals surface area (Å²) in [5.41, 5.74) is 2.18. The van der Waals surface area contributed by atoms with Gasteiger partial charge < -0.3 is 18.9 Å². The van der Waals surface area contributed by atoms with Gasteiger partial charge in [0, 0.05) is 11.3 Å². The van der Waals surface area contributed by atoms with Crippen LogP contribution in [0.25, 0.3) is 17.1 Å². The highest BCUT2D eigenvalue weighted by Crippen LogP contribution is 2.37. The molecule has 0 spiro atoms. The molecule has 10 nitrogen and oxygen atoms in total. The smallest absolute Gasteiger partial charge is 0.340 e. The van der Waals surface area contributed by atoms with Crippen LogP contribution in [0.5, 0.6) is 0 Å². The van der Waals surface area contributed by atoms with Crippen LogP contribution in [-0.2, 0) is 18.9 Å². The van der Waals surface area contributed by atoms with Crippen molar-refractivity contribution in [2.24, 2.45) is 0 Å². The summed E-state index contributed by atoms with van der Waals surface area (Å²) in [5, 5.41) is 4.89. The van der Waals surface area contributed by atoms with E-state index in [9.17, 15) is 14.4 Å². The lowest BCUT2D eigenvalue weighted by Crippen LogP contribution is -2.41. The van der Waals surface area contributed by atoms with E-state index in [0.29, 0.717) is 5.82 Å². The molecule has 1 saturated heterocycles. The lowest BCUT2D eigenvalue weighted by Gasteiger charge is -2.24. The SMILES string of the molecule is O=C(OC1OC(n2nc(-c3ccccc3)n(-c3ccccc3)c2=S)C(OC(=O)c2ccccc2)C1OC(=O)c1ccccc1)c1ccccc1. The van der Waals surface area contributed by atoms with Crippen LogP contribution in [0.3, 0.4) is 0 Å². The van der Waals surface area contributed by atoms with Gasteiger partial charge in [-0.1, -0.05) is 103 Å². The zero-order chi connectivity index (χ0) is 34.5. The van der Waals surface area contributed by atoms with Crippen molar-refractivity contribution < 1.29 is 33.3 Å². The number of rotatable bonds is 9. The van der Waals surface area contributed by atoms with E-state index in [4.69, 9.17) is 36.3 Å². The van der Waals surface area contributed by atoms with Gasteiger partial charge in [-0.3, -0.25) is 4.57 Å². The summed E-state index contributed by atoms with van der Waals surface area (Å²) in [5.74, 6) is -1.74. The van der Waals surface area contributed by atoms with E-state index in [1.165, 1.54) is 4.68 Å². The fourth-order valence-corrected chi connectivity index (χ4v) is 5.90. The lowest BCUT2D eigenvalue weighted by molar-refractivity contribution is -0.150. The van der Waals surface area contributed by atoms with Gasteiger partial charge in [-0.2, -0.15) is 0 Å². The predicted molar refractivity (Wildman–Crippen MR) is 185 cm³/mol. The van der Waals surface area contributed by atoms with Crippen molar-refractivity contribution >= 4 is 30.1 Å². The number of benzene rings is 5. The Morgan fingerprint density at radius 1 is 0.560 bits per heavy atom. The average Bonchev–Trinajstić information content (AvgIpc) is 3.69. The van der Waals surface area contributed by atoms with Crippen LogP contribution in [0.1, 0.15) is 37.3 Å².